The minimum absolute atomic E-state index is 0.240. The third-order valence-corrected chi connectivity index (χ3v) is 3.86. The maximum absolute atomic E-state index is 13.3. The standard InChI is InChI=1S/C11H9FN4O4S/c12-7-4-8(6-9(5-7)16(17)18)15-21(19,20)10-2-1-3-14-11(10)13/h1-6,15H,(H2,13,14). The Balaban J connectivity index is 2.42. The van der Waals surface area contributed by atoms with Gasteiger partial charge in [-0.05, 0) is 18.2 Å². The van der Waals surface area contributed by atoms with Gasteiger partial charge in [0, 0.05) is 12.3 Å². The number of pyridine rings is 1. The second kappa shape index (κ2) is 5.32. The number of benzene rings is 1. The zero-order valence-electron chi connectivity index (χ0n) is 10.4. The molecule has 0 saturated heterocycles. The molecule has 1 aromatic heterocycles. The number of hydrogen-bond acceptors (Lipinski definition) is 6. The van der Waals surface area contributed by atoms with E-state index in [-0.39, 0.29) is 16.4 Å². The van der Waals surface area contributed by atoms with E-state index >= 15 is 0 Å². The molecule has 0 atom stereocenters. The van der Waals surface area contributed by atoms with Gasteiger partial charge in [0.2, 0.25) is 0 Å². The van der Waals surface area contributed by atoms with Crippen molar-refractivity contribution in [3.63, 3.8) is 0 Å². The Morgan fingerprint density at radius 3 is 2.67 bits per heavy atom. The number of halogens is 1. The number of nitrogens with one attached hydrogen (secondary N) is 1. The van der Waals surface area contributed by atoms with Crippen molar-refractivity contribution < 1.29 is 17.7 Å². The lowest BCUT2D eigenvalue weighted by molar-refractivity contribution is -0.385. The lowest BCUT2D eigenvalue weighted by Crippen LogP contribution is -2.15. The molecule has 2 rings (SSSR count). The van der Waals surface area contributed by atoms with Crippen LogP contribution in [-0.2, 0) is 10.0 Å². The highest BCUT2D eigenvalue weighted by molar-refractivity contribution is 7.92. The molecular formula is C11H9FN4O4S. The summed E-state index contributed by atoms with van der Waals surface area (Å²) in [5.74, 6) is -1.18. The van der Waals surface area contributed by atoms with E-state index in [0.717, 1.165) is 12.1 Å². The molecule has 8 nitrogen and oxygen atoms in total. The molecule has 0 aliphatic heterocycles. The molecule has 1 aromatic carbocycles. The van der Waals surface area contributed by atoms with Crippen LogP contribution < -0.4 is 10.5 Å². The van der Waals surface area contributed by atoms with Crippen molar-refractivity contribution in [1.82, 2.24) is 4.98 Å². The van der Waals surface area contributed by atoms with Gasteiger partial charge >= 0.3 is 0 Å². The van der Waals surface area contributed by atoms with Crippen LogP contribution in [0.1, 0.15) is 0 Å². The second-order valence-electron chi connectivity index (χ2n) is 3.95. The molecule has 0 saturated carbocycles. The first-order valence-electron chi connectivity index (χ1n) is 5.48. The highest BCUT2D eigenvalue weighted by atomic mass is 32.2. The number of nitro benzene ring substituents is 1. The Bertz CT molecular complexity index is 810. The van der Waals surface area contributed by atoms with Gasteiger partial charge in [0.1, 0.15) is 16.5 Å². The highest BCUT2D eigenvalue weighted by Gasteiger charge is 2.20. The van der Waals surface area contributed by atoms with Gasteiger partial charge in [-0.2, -0.15) is 0 Å². The van der Waals surface area contributed by atoms with Crippen molar-refractivity contribution in [1.29, 1.82) is 0 Å². The van der Waals surface area contributed by atoms with Crippen molar-refractivity contribution in [2.45, 2.75) is 4.90 Å². The van der Waals surface area contributed by atoms with Crippen molar-refractivity contribution in [3.8, 4) is 0 Å². The van der Waals surface area contributed by atoms with Crippen LogP contribution in [0, 0.1) is 15.9 Å². The van der Waals surface area contributed by atoms with Crippen LogP contribution >= 0.6 is 0 Å². The first-order valence-corrected chi connectivity index (χ1v) is 6.96. The number of anilines is 2. The number of non-ortho nitro benzene ring substituents is 1. The van der Waals surface area contributed by atoms with Crippen LogP contribution in [0.4, 0.5) is 21.6 Å². The predicted molar refractivity (Wildman–Crippen MR) is 72.5 cm³/mol. The molecule has 0 amide bonds. The smallest absolute Gasteiger partial charge is 0.274 e. The third kappa shape index (κ3) is 3.23. The zero-order chi connectivity index (χ0) is 15.6. The molecule has 0 spiro atoms. The maximum Gasteiger partial charge on any atom is 0.274 e. The van der Waals surface area contributed by atoms with Crippen LogP contribution in [0.2, 0.25) is 0 Å². The van der Waals surface area contributed by atoms with Gasteiger partial charge in [-0.25, -0.2) is 17.8 Å². The van der Waals surface area contributed by atoms with Crippen LogP contribution in [0.3, 0.4) is 0 Å². The minimum atomic E-state index is -4.13. The molecule has 10 heteroatoms. The fraction of sp³-hybridized carbons (Fsp3) is 0. The Labute approximate surface area is 118 Å². The average molecular weight is 312 g/mol. The first kappa shape index (κ1) is 14.7. The summed E-state index contributed by atoms with van der Waals surface area (Å²) in [6.07, 6.45) is 1.31. The van der Waals surface area contributed by atoms with Crippen LogP contribution in [-0.4, -0.2) is 18.3 Å². The van der Waals surface area contributed by atoms with Crippen LogP contribution in [0.25, 0.3) is 0 Å². The summed E-state index contributed by atoms with van der Waals surface area (Å²) in [4.78, 5) is 13.1. The van der Waals surface area contributed by atoms with Gasteiger partial charge in [-0.3, -0.25) is 14.8 Å². The number of hydrogen-bond donors (Lipinski definition) is 2. The Morgan fingerprint density at radius 2 is 2.05 bits per heavy atom. The van der Waals surface area contributed by atoms with E-state index in [1.165, 1.54) is 18.3 Å². The van der Waals surface area contributed by atoms with Crippen LogP contribution in [0.5, 0.6) is 0 Å². The summed E-state index contributed by atoms with van der Waals surface area (Å²) < 4.78 is 39.5. The molecule has 1 heterocycles. The monoisotopic (exact) mass is 312 g/mol. The predicted octanol–water partition coefficient (Wildman–Crippen LogP) is 1.51. The lowest BCUT2D eigenvalue weighted by atomic mass is 10.3. The first-order chi connectivity index (χ1) is 9.79. The normalized spacial score (nSPS) is 11.1. The molecular weight excluding hydrogens is 303 g/mol. The van der Waals surface area contributed by atoms with Crippen LogP contribution in [0.15, 0.2) is 41.4 Å². The molecule has 21 heavy (non-hydrogen) atoms. The molecule has 2 aromatic rings. The molecule has 0 radical (unpaired) electrons. The quantitative estimate of drug-likeness (QED) is 0.650. The molecule has 0 aliphatic carbocycles. The summed E-state index contributed by atoms with van der Waals surface area (Å²) >= 11 is 0. The maximum atomic E-state index is 13.3. The Hall–Kier alpha value is -2.75. The zero-order valence-corrected chi connectivity index (χ0v) is 11.2. The van der Waals surface area contributed by atoms with Crippen molar-refractivity contribution in [2.75, 3.05) is 10.5 Å². The number of rotatable bonds is 4. The van der Waals surface area contributed by atoms with E-state index in [4.69, 9.17) is 5.73 Å². The molecule has 0 aliphatic rings. The summed E-state index contributed by atoms with van der Waals surface area (Å²) in [6, 6.07) is 4.96. The van der Waals surface area contributed by atoms with E-state index < -0.39 is 26.5 Å². The molecule has 3 N–H and O–H groups in total. The van der Waals surface area contributed by atoms with Crippen molar-refractivity contribution in [2.24, 2.45) is 0 Å². The summed E-state index contributed by atoms with van der Waals surface area (Å²) in [6.45, 7) is 0. The van der Waals surface area contributed by atoms with Gasteiger partial charge in [-0.1, -0.05) is 0 Å². The van der Waals surface area contributed by atoms with Crippen molar-refractivity contribution in [3.05, 3.63) is 52.5 Å². The lowest BCUT2D eigenvalue weighted by Gasteiger charge is -2.09. The van der Waals surface area contributed by atoms with E-state index in [2.05, 4.69) is 4.98 Å². The summed E-state index contributed by atoms with van der Waals surface area (Å²) in [5, 5.41) is 10.6. The number of nitro groups is 1. The van der Waals surface area contributed by atoms with Gasteiger partial charge in [-0.15, -0.1) is 0 Å². The number of aromatic nitrogens is 1. The fourth-order valence-corrected chi connectivity index (χ4v) is 2.70. The second-order valence-corrected chi connectivity index (χ2v) is 5.60. The number of nitrogens with two attached hydrogens (primary N) is 1. The Morgan fingerprint density at radius 1 is 1.33 bits per heavy atom. The van der Waals surface area contributed by atoms with E-state index in [0.29, 0.717) is 6.07 Å². The van der Waals surface area contributed by atoms with E-state index in [9.17, 15) is 22.9 Å². The van der Waals surface area contributed by atoms with E-state index in [1.807, 2.05) is 4.72 Å². The average Bonchev–Trinajstić information content (AvgIpc) is 2.37. The molecule has 0 bridgehead atoms. The van der Waals surface area contributed by atoms with Gasteiger partial charge in [0.15, 0.2) is 0 Å². The van der Waals surface area contributed by atoms with Crippen molar-refractivity contribution >= 4 is 27.2 Å². The largest absolute Gasteiger partial charge is 0.383 e. The third-order valence-electron chi connectivity index (χ3n) is 2.43. The molecule has 0 unspecified atom stereocenters. The SMILES string of the molecule is Nc1ncccc1S(=O)(=O)Nc1cc(F)cc([N+](=O)[O-])c1. The van der Waals surface area contributed by atoms with E-state index in [1.54, 1.807) is 0 Å². The Kier molecular flexibility index (Phi) is 3.72. The molecule has 110 valence electrons. The summed E-state index contributed by atoms with van der Waals surface area (Å²) in [7, 11) is -4.13. The number of nitrogens with zero attached hydrogens (tertiary/aromatic N) is 2. The summed E-state index contributed by atoms with van der Waals surface area (Å²) in [5.41, 5.74) is 4.59. The van der Waals surface area contributed by atoms with Gasteiger partial charge in [0.05, 0.1) is 16.7 Å². The van der Waals surface area contributed by atoms with Gasteiger partial charge < -0.3 is 5.73 Å². The number of sulfonamides is 1. The fourth-order valence-electron chi connectivity index (χ4n) is 1.58. The number of nitrogen functional groups attached to an aromatic ring is 1. The molecule has 0 fully saturated rings. The minimum Gasteiger partial charge on any atom is -0.383 e. The van der Waals surface area contributed by atoms with Gasteiger partial charge in [0.25, 0.3) is 15.7 Å². The highest BCUT2D eigenvalue weighted by Crippen LogP contribution is 2.24. The topological polar surface area (TPSA) is 128 Å².